The number of benzene rings is 1. The molecule has 15 heavy (non-hydrogen) atoms. The summed E-state index contributed by atoms with van der Waals surface area (Å²) in [7, 11) is 3.07. The van der Waals surface area contributed by atoms with Crippen LogP contribution in [0.1, 0.15) is 10.4 Å². The maximum atomic E-state index is 11.7. The summed E-state index contributed by atoms with van der Waals surface area (Å²) in [5.41, 5.74) is 0.167. The molecular weight excluding hydrogens is 222 g/mol. The van der Waals surface area contributed by atoms with Crippen LogP contribution in [0.25, 0.3) is 0 Å². The Labute approximate surface area is 90.6 Å². The maximum absolute atomic E-state index is 11.7. The van der Waals surface area contributed by atoms with Gasteiger partial charge in [-0.15, -0.1) is 0 Å². The third-order valence-electron chi connectivity index (χ3n) is 2.21. The van der Waals surface area contributed by atoms with Crippen molar-refractivity contribution in [3.05, 3.63) is 16.7 Å². The predicted molar refractivity (Wildman–Crippen MR) is 51.8 cm³/mol. The van der Waals surface area contributed by atoms with Gasteiger partial charge in [0, 0.05) is 6.07 Å². The fourth-order valence-electron chi connectivity index (χ4n) is 1.42. The Hall–Kier alpha value is -1.46. The van der Waals surface area contributed by atoms with Crippen molar-refractivity contribution in [2.24, 2.45) is 0 Å². The number of carbonyl (C=O) groups is 1. The first-order valence-corrected chi connectivity index (χ1v) is 4.55. The molecule has 2 N–H and O–H groups in total. The molecule has 1 aliphatic heterocycles. The van der Waals surface area contributed by atoms with Gasteiger partial charge >= 0.3 is 5.91 Å². The van der Waals surface area contributed by atoms with Crippen molar-refractivity contribution in [2.45, 2.75) is 0 Å². The van der Waals surface area contributed by atoms with Gasteiger partial charge in [0.1, 0.15) is 24.7 Å². The number of quaternary nitrogens is 1. The molecule has 0 saturated carbocycles. The number of phenols is 2. The third kappa shape index (κ3) is 1.24. The molecule has 0 bridgehead atoms. The van der Waals surface area contributed by atoms with E-state index in [1.807, 2.05) is 0 Å². The van der Waals surface area contributed by atoms with E-state index in [-0.39, 0.29) is 26.9 Å². The van der Waals surface area contributed by atoms with Gasteiger partial charge in [0.25, 0.3) is 0 Å². The molecule has 0 fully saturated rings. The van der Waals surface area contributed by atoms with Crippen molar-refractivity contribution in [1.29, 1.82) is 0 Å². The van der Waals surface area contributed by atoms with Gasteiger partial charge in [-0.05, 0) is 0 Å². The van der Waals surface area contributed by atoms with Crippen molar-refractivity contribution in [3.63, 3.8) is 0 Å². The number of aromatic hydroxyl groups is 2. The van der Waals surface area contributed by atoms with Gasteiger partial charge in [0.05, 0.1) is 0 Å². The van der Waals surface area contributed by atoms with E-state index in [2.05, 4.69) is 0 Å². The van der Waals surface area contributed by atoms with E-state index < -0.39 is 11.5 Å². The van der Waals surface area contributed by atoms with E-state index in [1.54, 1.807) is 0 Å². The summed E-state index contributed by atoms with van der Waals surface area (Å²) in [4.78, 5) is 17.0. The normalized spacial score (nSPS) is 17.4. The molecule has 0 atom stereocenters. The summed E-state index contributed by atoms with van der Waals surface area (Å²) in [6, 6.07) is 1.14. The largest absolute Gasteiger partial charge is 0.504 e. The van der Waals surface area contributed by atoms with Gasteiger partial charge in [-0.2, -0.15) is 0 Å². The lowest BCUT2D eigenvalue weighted by Crippen LogP contribution is -2.43. The molecule has 1 aromatic carbocycles. The summed E-state index contributed by atoms with van der Waals surface area (Å²) >= 11 is 5.74. The van der Waals surface area contributed by atoms with Gasteiger partial charge in [0.15, 0.2) is 11.5 Å². The Bertz CT molecular complexity index is 470. The summed E-state index contributed by atoms with van der Waals surface area (Å²) in [5.74, 6) is -1.15. The first kappa shape index (κ1) is 10.1. The van der Waals surface area contributed by atoms with Gasteiger partial charge in [0.2, 0.25) is 5.75 Å². The number of fused-ring (bicyclic) bond motifs is 1. The highest BCUT2D eigenvalue weighted by molar-refractivity contribution is 6.34. The molecule has 0 aromatic heterocycles. The second kappa shape index (κ2) is 2.77. The SMILES string of the molecule is C[N+]1(C)Oc2c(cc(O)c(O)c2Cl)C1=O. The van der Waals surface area contributed by atoms with Crippen LogP contribution < -0.4 is 4.84 Å². The highest BCUT2D eigenvalue weighted by atomic mass is 35.5. The zero-order valence-electron chi connectivity index (χ0n) is 8.11. The average Bonchev–Trinajstić information content (AvgIpc) is 2.38. The van der Waals surface area contributed by atoms with Crippen molar-refractivity contribution >= 4 is 17.5 Å². The van der Waals surface area contributed by atoms with Crippen molar-refractivity contribution in [2.75, 3.05) is 14.1 Å². The zero-order chi connectivity index (χ0) is 11.4. The molecule has 2 rings (SSSR count). The highest BCUT2D eigenvalue weighted by Gasteiger charge is 2.44. The molecule has 0 radical (unpaired) electrons. The first-order valence-electron chi connectivity index (χ1n) is 4.17. The van der Waals surface area contributed by atoms with Crippen LogP contribution in [0.2, 0.25) is 5.02 Å². The van der Waals surface area contributed by atoms with Crippen LogP contribution in [-0.2, 0) is 0 Å². The van der Waals surface area contributed by atoms with Gasteiger partial charge in [-0.3, -0.25) is 0 Å². The number of hydrogen-bond acceptors (Lipinski definition) is 4. The minimum absolute atomic E-state index is 0.0990. The van der Waals surface area contributed by atoms with E-state index >= 15 is 0 Å². The van der Waals surface area contributed by atoms with Crippen LogP contribution in [0.15, 0.2) is 6.07 Å². The molecule has 6 heteroatoms. The molecule has 80 valence electrons. The van der Waals surface area contributed by atoms with Gasteiger partial charge in [-0.25, -0.2) is 4.79 Å². The quantitative estimate of drug-likeness (QED) is 0.520. The minimum Gasteiger partial charge on any atom is -0.504 e. The molecule has 0 saturated heterocycles. The standard InChI is InChI=1S/C9H8ClNO4/c1-11(2)9(14)4-3-5(12)7(13)6(10)8(4)15-11/h3H,1-2H3,(H-,12,13,14)/p+1. The Morgan fingerprint density at radius 2 is 2.00 bits per heavy atom. The molecular formula is C9H9ClNO4+. The number of carbonyl (C=O) groups excluding carboxylic acids is 1. The van der Waals surface area contributed by atoms with Crippen molar-refractivity contribution in [1.82, 2.24) is 0 Å². The lowest BCUT2D eigenvalue weighted by atomic mass is 10.1. The number of amides is 1. The van der Waals surface area contributed by atoms with E-state index in [0.29, 0.717) is 0 Å². The number of hydroxylamine groups is 3. The van der Waals surface area contributed by atoms with E-state index in [9.17, 15) is 15.0 Å². The zero-order valence-corrected chi connectivity index (χ0v) is 8.87. The predicted octanol–water partition coefficient (Wildman–Crippen LogP) is 1.28. The van der Waals surface area contributed by atoms with Crippen LogP contribution in [0.4, 0.5) is 0 Å². The fourth-order valence-corrected chi connectivity index (χ4v) is 1.65. The smallest absolute Gasteiger partial charge is 0.390 e. The molecule has 0 unspecified atom stereocenters. The summed E-state index contributed by atoms with van der Waals surface area (Å²) in [5, 5.41) is 18.5. The topological polar surface area (TPSA) is 66.8 Å². The molecule has 1 aliphatic rings. The Balaban J connectivity index is 2.71. The second-order valence-corrected chi connectivity index (χ2v) is 4.06. The molecule has 0 aliphatic carbocycles. The molecule has 1 amide bonds. The van der Waals surface area contributed by atoms with Crippen LogP contribution in [0.3, 0.4) is 0 Å². The van der Waals surface area contributed by atoms with Crippen LogP contribution in [-0.4, -0.2) is 34.9 Å². The van der Waals surface area contributed by atoms with Crippen LogP contribution in [0, 0.1) is 0 Å². The van der Waals surface area contributed by atoms with E-state index in [1.165, 1.54) is 14.1 Å². The number of nitrogens with zero attached hydrogens (tertiary/aromatic N) is 1. The van der Waals surface area contributed by atoms with E-state index in [0.717, 1.165) is 6.07 Å². The van der Waals surface area contributed by atoms with Crippen LogP contribution >= 0.6 is 11.6 Å². The van der Waals surface area contributed by atoms with Crippen molar-refractivity contribution in [3.8, 4) is 17.2 Å². The van der Waals surface area contributed by atoms with E-state index in [4.69, 9.17) is 16.4 Å². The van der Waals surface area contributed by atoms with Crippen molar-refractivity contribution < 1.29 is 24.5 Å². The fraction of sp³-hybridized carbons (Fsp3) is 0.222. The first-order chi connectivity index (χ1) is 6.84. The number of hydrogen-bond donors (Lipinski definition) is 2. The lowest BCUT2D eigenvalue weighted by Gasteiger charge is -2.16. The Kier molecular flexibility index (Phi) is 1.86. The average molecular weight is 231 g/mol. The maximum Gasteiger partial charge on any atom is 0.390 e. The summed E-state index contributed by atoms with van der Waals surface area (Å²) in [6.07, 6.45) is 0. The monoisotopic (exact) mass is 230 g/mol. The molecule has 5 nitrogen and oxygen atoms in total. The van der Waals surface area contributed by atoms with Crippen LogP contribution in [0.5, 0.6) is 17.2 Å². The molecule has 1 heterocycles. The summed E-state index contributed by atoms with van der Waals surface area (Å²) in [6.45, 7) is 0. The molecule has 0 spiro atoms. The summed E-state index contributed by atoms with van der Waals surface area (Å²) < 4.78 is -0.349. The number of halogens is 1. The Morgan fingerprint density at radius 1 is 1.40 bits per heavy atom. The second-order valence-electron chi connectivity index (χ2n) is 3.68. The number of phenolic OH excluding ortho intramolecular Hbond substituents is 2. The number of rotatable bonds is 0. The lowest BCUT2D eigenvalue weighted by molar-refractivity contribution is -0.973. The van der Waals surface area contributed by atoms with Gasteiger partial charge in [-0.1, -0.05) is 16.2 Å². The highest BCUT2D eigenvalue weighted by Crippen LogP contribution is 2.46. The van der Waals surface area contributed by atoms with Gasteiger partial charge < -0.3 is 15.1 Å². The molecule has 1 aromatic rings. The minimum atomic E-state index is -0.481. The third-order valence-corrected chi connectivity index (χ3v) is 2.57. The Morgan fingerprint density at radius 3 is 2.60 bits per heavy atom.